The standard InChI is InChI=1S/C16H31N3O/c1-20-12-14-4-8-19(9-5-14)16(13-17)6-10-18-7-2-3-15(18)11-16/h14-15H,2-13,17H2,1H3. The average molecular weight is 281 g/mol. The van der Waals surface area contributed by atoms with E-state index in [1.165, 1.54) is 64.7 Å². The molecule has 3 aliphatic rings. The minimum atomic E-state index is 0.295. The summed E-state index contributed by atoms with van der Waals surface area (Å²) in [7, 11) is 1.82. The number of methoxy groups -OCH3 is 1. The van der Waals surface area contributed by atoms with Crippen molar-refractivity contribution < 1.29 is 4.74 Å². The van der Waals surface area contributed by atoms with E-state index in [0.29, 0.717) is 5.54 Å². The summed E-state index contributed by atoms with van der Waals surface area (Å²) < 4.78 is 5.32. The minimum absolute atomic E-state index is 0.295. The second-order valence-electron chi connectivity index (χ2n) is 7.10. The first kappa shape index (κ1) is 14.8. The maximum absolute atomic E-state index is 6.26. The highest BCUT2D eigenvalue weighted by molar-refractivity contribution is 5.02. The van der Waals surface area contributed by atoms with Crippen LogP contribution < -0.4 is 5.73 Å². The third-order valence-corrected chi connectivity index (χ3v) is 6.05. The van der Waals surface area contributed by atoms with Gasteiger partial charge in [0.2, 0.25) is 0 Å². The second-order valence-corrected chi connectivity index (χ2v) is 7.10. The number of hydrogen-bond donors (Lipinski definition) is 1. The molecule has 3 heterocycles. The van der Waals surface area contributed by atoms with E-state index < -0.39 is 0 Å². The zero-order valence-electron chi connectivity index (χ0n) is 13.0. The molecule has 3 rings (SSSR count). The van der Waals surface area contributed by atoms with Crippen molar-refractivity contribution in [3.8, 4) is 0 Å². The van der Waals surface area contributed by atoms with Gasteiger partial charge in [-0.2, -0.15) is 0 Å². The lowest BCUT2D eigenvalue weighted by molar-refractivity contribution is -0.0167. The van der Waals surface area contributed by atoms with E-state index in [4.69, 9.17) is 10.5 Å². The predicted molar refractivity (Wildman–Crippen MR) is 81.8 cm³/mol. The Hall–Kier alpha value is -0.160. The van der Waals surface area contributed by atoms with Gasteiger partial charge < -0.3 is 15.4 Å². The van der Waals surface area contributed by atoms with Crippen LogP contribution in [0.5, 0.6) is 0 Å². The number of likely N-dealkylation sites (tertiary alicyclic amines) is 1. The molecule has 4 heteroatoms. The van der Waals surface area contributed by atoms with Crippen LogP contribution >= 0.6 is 0 Å². The third-order valence-electron chi connectivity index (χ3n) is 6.05. The van der Waals surface area contributed by atoms with Crippen LogP contribution in [0.15, 0.2) is 0 Å². The fraction of sp³-hybridized carbons (Fsp3) is 1.00. The van der Waals surface area contributed by atoms with E-state index in [2.05, 4.69) is 9.80 Å². The number of piperidine rings is 2. The maximum atomic E-state index is 6.26. The Labute approximate surface area is 123 Å². The summed E-state index contributed by atoms with van der Waals surface area (Å²) >= 11 is 0. The first-order chi connectivity index (χ1) is 9.77. The van der Waals surface area contributed by atoms with Crippen LogP contribution in [0.1, 0.15) is 38.5 Å². The van der Waals surface area contributed by atoms with Crippen molar-refractivity contribution >= 4 is 0 Å². The Bertz CT molecular complexity index is 317. The molecule has 116 valence electrons. The summed E-state index contributed by atoms with van der Waals surface area (Å²) in [5.74, 6) is 0.762. The monoisotopic (exact) mass is 281 g/mol. The molecule has 0 spiro atoms. The molecule has 0 aromatic carbocycles. The normalized spacial score (nSPS) is 37.2. The van der Waals surface area contributed by atoms with E-state index in [-0.39, 0.29) is 0 Å². The van der Waals surface area contributed by atoms with Crippen molar-refractivity contribution in [2.24, 2.45) is 11.7 Å². The fourth-order valence-corrected chi connectivity index (χ4v) is 4.72. The van der Waals surface area contributed by atoms with Crippen LogP contribution in [0.3, 0.4) is 0 Å². The van der Waals surface area contributed by atoms with E-state index in [9.17, 15) is 0 Å². The molecule has 0 radical (unpaired) electrons. The minimum Gasteiger partial charge on any atom is -0.384 e. The lowest BCUT2D eigenvalue weighted by Crippen LogP contribution is -2.62. The van der Waals surface area contributed by atoms with Crippen molar-refractivity contribution in [1.82, 2.24) is 9.80 Å². The first-order valence-electron chi connectivity index (χ1n) is 8.45. The van der Waals surface area contributed by atoms with Crippen LogP contribution in [-0.2, 0) is 4.74 Å². The highest BCUT2D eigenvalue weighted by atomic mass is 16.5. The van der Waals surface area contributed by atoms with Gasteiger partial charge in [0.05, 0.1) is 0 Å². The predicted octanol–water partition coefficient (Wildman–Crippen LogP) is 1.30. The molecule has 0 aliphatic carbocycles. The van der Waals surface area contributed by atoms with Crippen LogP contribution in [0.2, 0.25) is 0 Å². The lowest BCUT2D eigenvalue weighted by atomic mass is 9.80. The van der Waals surface area contributed by atoms with Gasteiger partial charge in [0, 0.05) is 38.4 Å². The molecule has 0 aromatic rings. The number of ether oxygens (including phenoxy) is 1. The molecular weight excluding hydrogens is 250 g/mol. The number of fused-ring (bicyclic) bond motifs is 1. The zero-order chi connectivity index (χ0) is 14.0. The lowest BCUT2D eigenvalue weighted by Gasteiger charge is -2.52. The van der Waals surface area contributed by atoms with Gasteiger partial charge in [-0.3, -0.25) is 4.90 Å². The molecule has 3 saturated heterocycles. The molecule has 0 aromatic heterocycles. The van der Waals surface area contributed by atoms with Crippen molar-refractivity contribution in [3.05, 3.63) is 0 Å². The molecule has 3 fully saturated rings. The molecule has 0 bridgehead atoms. The van der Waals surface area contributed by atoms with Gasteiger partial charge in [-0.25, -0.2) is 0 Å². The number of rotatable bonds is 4. The fourth-order valence-electron chi connectivity index (χ4n) is 4.72. The summed E-state index contributed by atoms with van der Waals surface area (Å²) in [4.78, 5) is 5.43. The average Bonchev–Trinajstić information content (AvgIpc) is 2.95. The van der Waals surface area contributed by atoms with Crippen molar-refractivity contribution in [2.45, 2.75) is 50.1 Å². The van der Waals surface area contributed by atoms with Gasteiger partial charge in [0.15, 0.2) is 0 Å². The van der Waals surface area contributed by atoms with E-state index in [1.54, 1.807) is 0 Å². The molecule has 2 N–H and O–H groups in total. The molecular formula is C16H31N3O. The zero-order valence-corrected chi connectivity index (χ0v) is 13.0. The summed E-state index contributed by atoms with van der Waals surface area (Å²) in [5.41, 5.74) is 6.56. The van der Waals surface area contributed by atoms with E-state index >= 15 is 0 Å². The molecule has 4 nitrogen and oxygen atoms in total. The van der Waals surface area contributed by atoms with Crippen LogP contribution in [0.25, 0.3) is 0 Å². The SMILES string of the molecule is COCC1CCN(C2(CN)CCN3CCCC3C2)CC1. The second kappa shape index (κ2) is 6.30. The number of hydrogen-bond acceptors (Lipinski definition) is 4. The summed E-state index contributed by atoms with van der Waals surface area (Å²) in [5, 5.41) is 0. The quantitative estimate of drug-likeness (QED) is 0.843. The van der Waals surface area contributed by atoms with E-state index in [0.717, 1.165) is 25.1 Å². The Morgan fingerprint density at radius 1 is 1.15 bits per heavy atom. The van der Waals surface area contributed by atoms with Gasteiger partial charge >= 0.3 is 0 Å². The van der Waals surface area contributed by atoms with Crippen LogP contribution in [0.4, 0.5) is 0 Å². The van der Waals surface area contributed by atoms with Gasteiger partial charge in [0.25, 0.3) is 0 Å². The first-order valence-corrected chi connectivity index (χ1v) is 8.45. The Morgan fingerprint density at radius 3 is 2.65 bits per heavy atom. The summed E-state index contributed by atoms with van der Waals surface area (Å²) in [6, 6.07) is 0.809. The highest BCUT2D eigenvalue weighted by Gasteiger charge is 2.44. The van der Waals surface area contributed by atoms with Gasteiger partial charge in [0.1, 0.15) is 0 Å². The van der Waals surface area contributed by atoms with Crippen molar-refractivity contribution in [2.75, 3.05) is 46.4 Å². The Kier molecular flexibility index (Phi) is 4.65. The highest BCUT2D eigenvalue weighted by Crippen LogP contribution is 2.38. The van der Waals surface area contributed by atoms with Crippen LogP contribution in [0, 0.1) is 5.92 Å². The van der Waals surface area contributed by atoms with Gasteiger partial charge in [-0.15, -0.1) is 0 Å². The van der Waals surface area contributed by atoms with Crippen molar-refractivity contribution in [3.63, 3.8) is 0 Å². The molecule has 0 saturated carbocycles. The van der Waals surface area contributed by atoms with Gasteiger partial charge in [-0.05, 0) is 64.1 Å². The molecule has 3 aliphatic heterocycles. The topological polar surface area (TPSA) is 41.7 Å². The smallest absolute Gasteiger partial charge is 0.0491 e. The number of nitrogens with zero attached hydrogens (tertiary/aromatic N) is 2. The van der Waals surface area contributed by atoms with Crippen molar-refractivity contribution in [1.29, 1.82) is 0 Å². The van der Waals surface area contributed by atoms with Gasteiger partial charge in [-0.1, -0.05) is 0 Å². The maximum Gasteiger partial charge on any atom is 0.0491 e. The molecule has 0 amide bonds. The Morgan fingerprint density at radius 2 is 1.95 bits per heavy atom. The Balaban J connectivity index is 1.61. The van der Waals surface area contributed by atoms with E-state index in [1.807, 2.05) is 7.11 Å². The number of nitrogens with two attached hydrogens (primary N) is 1. The van der Waals surface area contributed by atoms with Crippen LogP contribution in [-0.4, -0.2) is 67.8 Å². The molecule has 2 unspecified atom stereocenters. The molecule has 2 atom stereocenters. The largest absolute Gasteiger partial charge is 0.384 e. The summed E-state index contributed by atoms with van der Waals surface area (Å²) in [6.45, 7) is 6.79. The third kappa shape index (κ3) is 2.76. The summed E-state index contributed by atoms with van der Waals surface area (Å²) in [6.07, 6.45) is 7.92. The molecule has 20 heavy (non-hydrogen) atoms.